The second-order valence-electron chi connectivity index (χ2n) is 4.93. The van der Waals surface area contributed by atoms with Gasteiger partial charge in [0.1, 0.15) is 11.6 Å². The Labute approximate surface area is 99.4 Å². The molecule has 2 atom stereocenters. The van der Waals surface area contributed by atoms with Crippen LogP contribution in [0.25, 0.3) is 11.0 Å². The third-order valence-corrected chi connectivity index (χ3v) is 3.72. The standard InChI is InChI=1S/C13H16FN3/c1-17-12-5-3-9(14)7-11(12)16-13(17)8-2-4-10(15)6-8/h3,5,7-8,10H,2,4,6,15H2,1H3. The molecule has 1 saturated carbocycles. The van der Waals surface area contributed by atoms with Crippen molar-refractivity contribution in [3.05, 3.63) is 29.8 Å². The van der Waals surface area contributed by atoms with Crippen LogP contribution in [0, 0.1) is 5.82 Å². The summed E-state index contributed by atoms with van der Waals surface area (Å²) in [5.74, 6) is 1.23. The van der Waals surface area contributed by atoms with Gasteiger partial charge in [0, 0.05) is 25.1 Å². The van der Waals surface area contributed by atoms with Crippen molar-refractivity contribution in [1.29, 1.82) is 0 Å². The van der Waals surface area contributed by atoms with Crippen molar-refractivity contribution in [2.45, 2.75) is 31.2 Å². The molecule has 0 spiro atoms. The van der Waals surface area contributed by atoms with Crippen LogP contribution in [0.5, 0.6) is 0 Å². The Bertz CT molecular complexity index is 561. The number of hydrogen-bond donors (Lipinski definition) is 1. The summed E-state index contributed by atoms with van der Waals surface area (Å²) in [5.41, 5.74) is 7.66. The molecule has 1 heterocycles. The van der Waals surface area contributed by atoms with E-state index in [1.165, 1.54) is 12.1 Å². The lowest BCUT2D eigenvalue weighted by Crippen LogP contribution is -2.15. The summed E-state index contributed by atoms with van der Waals surface area (Å²) in [6.07, 6.45) is 3.13. The molecular formula is C13H16FN3. The number of fused-ring (bicyclic) bond motifs is 1. The van der Waals surface area contributed by atoms with Gasteiger partial charge >= 0.3 is 0 Å². The minimum Gasteiger partial charge on any atom is -0.331 e. The molecule has 1 fully saturated rings. The summed E-state index contributed by atoms with van der Waals surface area (Å²) in [5, 5.41) is 0. The first-order valence-electron chi connectivity index (χ1n) is 6.02. The topological polar surface area (TPSA) is 43.8 Å². The Morgan fingerprint density at radius 1 is 1.41 bits per heavy atom. The van der Waals surface area contributed by atoms with Gasteiger partial charge in [-0.05, 0) is 31.4 Å². The molecule has 0 amide bonds. The fraction of sp³-hybridized carbons (Fsp3) is 0.462. The van der Waals surface area contributed by atoms with Crippen molar-refractivity contribution in [2.75, 3.05) is 0 Å². The van der Waals surface area contributed by atoms with Crippen LogP contribution in [-0.4, -0.2) is 15.6 Å². The van der Waals surface area contributed by atoms with Gasteiger partial charge in [0.15, 0.2) is 0 Å². The van der Waals surface area contributed by atoms with Gasteiger partial charge in [0.25, 0.3) is 0 Å². The van der Waals surface area contributed by atoms with E-state index in [1.54, 1.807) is 6.07 Å². The zero-order chi connectivity index (χ0) is 12.0. The lowest BCUT2D eigenvalue weighted by molar-refractivity contribution is 0.621. The van der Waals surface area contributed by atoms with Gasteiger partial charge in [-0.25, -0.2) is 9.37 Å². The molecule has 0 radical (unpaired) electrons. The molecule has 0 aliphatic heterocycles. The normalized spacial score (nSPS) is 24.6. The summed E-state index contributed by atoms with van der Waals surface area (Å²) < 4.78 is 15.2. The molecule has 90 valence electrons. The molecule has 3 rings (SSSR count). The first kappa shape index (κ1) is 10.7. The molecule has 0 saturated heterocycles. The lowest BCUT2D eigenvalue weighted by atomic mass is 10.1. The van der Waals surface area contributed by atoms with Gasteiger partial charge < -0.3 is 10.3 Å². The number of nitrogens with zero attached hydrogens (tertiary/aromatic N) is 2. The third-order valence-electron chi connectivity index (χ3n) is 3.72. The fourth-order valence-electron chi connectivity index (χ4n) is 2.81. The Morgan fingerprint density at radius 2 is 2.24 bits per heavy atom. The number of imidazole rings is 1. The molecule has 1 aliphatic rings. The SMILES string of the molecule is Cn1c(C2CCC(N)C2)nc2cc(F)ccc21. The summed E-state index contributed by atoms with van der Waals surface area (Å²) in [7, 11) is 1.99. The number of aryl methyl sites for hydroxylation is 1. The van der Waals surface area contributed by atoms with Gasteiger partial charge in [0.05, 0.1) is 11.0 Å². The lowest BCUT2D eigenvalue weighted by Gasteiger charge is -2.09. The van der Waals surface area contributed by atoms with E-state index >= 15 is 0 Å². The quantitative estimate of drug-likeness (QED) is 0.821. The van der Waals surface area contributed by atoms with Gasteiger partial charge in [-0.15, -0.1) is 0 Å². The smallest absolute Gasteiger partial charge is 0.125 e. The average molecular weight is 233 g/mol. The van der Waals surface area contributed by atoms with E-state index in [-0.39, 0.29) is 11.9 Å². The van der Waals surface area contributed by atoms with Crippen LogP contribution in [0.4, 0.5) is 4.39 Å². The molecular weight excluding hydrogens is 217 g/mol. The van der Waals surface area contributed by atoms with Crippen molar-refractivity contribution in [3.63, 3.8) is 0 Å². The van der Waals surface area contributed by atoms with Crippen LogP contribution < -0.4 is 5.73 Å². The second kappa shape index (κ2) is 3.81. The molecule has 2 N–H and O–H groups in total. The van der Waals surface area contributed by atoms with E-state index in [1.807, 2.05) is 7.05 Å². The van der Waals surface area contributed by atoms with Gasteiger partial charge in [-0.2, -0.15) is 0 Å². The summed E-state index contributed by atoms with van der Waals surface area (Å²) in [4.78, 5) is 4.56. The average Bonchev–Trinajstić information content (AvgIpc) is 2.83. The maximum atomic E-state index is 13.1. The first-order chi connectivity index (χ1) is 8.15. The van der Waals surface area contributed by atoms with Crippen LogP contribution in [0.1, 0.15) is 31.0 Å². The summed E-state index contributed by atoms with van der Waals surface area (Å²) in [6, 6.07) is 5.05. The highest BCUT2D eigenvalue weighted by molar-refractivity contribution is 5.76. The fourth-order valence-corrected chi connectivity index (χ4v) is 2.81. The number of hydrogen-bond acceptors (Lipinski definition) is 2. The number of nitrogens with two attached hydrogens (primary N) is 1. The molecule has 1 aromatic heterocycles. The van der Waals surface area contributed by atoms with Crippen molar-refractivity contribution in [3.8, 4) is 0 Å². The van der Waals surface area contributed by atoms with Crippen LogP contribution >= 0.6 is 0 Å². The van der Waals surface area contributed by atoms with E-state index in [2.05, 4.69) is 9.55 Å². The summed E-state index contributed by atoms with van der Waals surface area (Å²) in [6.45, 7) is 0. The number of benzene rings is 1. The predicted molar refractivity (Wildman–Crippen MR) is 65.2 cm³/mol. The van der Waals surface area contributed by atoms with Crippen LogP contribution in [0.3, 0.4) is 0 Å². The minimum atomic E-state index is -0.231. The first-order valence-corrected chi connectivity index (χ1v) is 6.02. The van der Waals surface area contributed by atoms with Crippen molar-refractivity contribution < 1.29 is 4.39 Å². The Hall–Kier alpha value is -1.42. The van der Waals surface area contributed by atoms with Gasteiger partial charge in [0.2, 0.25) is 0 Å². The van der Waals surface area contributed by atoms with Gasteiger partial charge in [-0.1, -0.05) is 0 Å². The van der Waals surface area contributed by atoms with E-state index < -0.39 is 0 Å². The molecule has 1 aromatic carbocycles. The number of rotatable bonds is 1. The Morgan fingerprint density at radius 3 is 2.94 bits per heavy atom. The zero-order valence-electron chi connectivity index (χ0n) is 9.86. The molecule has 2 unspecified atom stereocenters. The molecule has 4 heteroatoms. The van der Waals surface area contributed by atoms with Crippen molar-refractivity contribution in [2.24, 2.45) is 12.8 Å². The molecule has 1 aliphatic carbocycles. The Kier molecular flexibility index (Phi) is 2.40. The van der Waals surface area contributed by atoms with E-state index in [0.717, 1.165) is 36.1 Å². The molecule has 17 heavy (non-hydrogen) atoms. The maximum Gasteiger partial charge on any atom is 0.125 e. The Balaban J connectivity index is 2.08. The largest absolute Gasteiger partial charge is 0.331 e. The number of halogens is 1. The monoisotopic (exact) mass is 233 g/mol. The van der Waals surface area contributed by atoms with E-state index in [9.17, 15) is 4.39 Å². The van der Waals surface area contributed by atoms with E-state index in [0.29, 0.717) is 5.92 Å². The minimum absolute atomic E-state index is 0.231. The second-order valence-corrected chi connectivity index (χ2v) is 4.93. The van der Waals surface area contributed by atoms with Crippen molar-refractivity contribution in [1.82, 2.24) is 9.55 Å². The van der Waals surface area contributed by atoms with Crippen molar-refractivity contribution >= 4 is 11.0 Å². The molecule has 2 aromatic rings. The highest BCUT2D eigenvalue weighted by Crippen LogP contribution is 2.34. The zero-order valence-corrected chi connectivity index (χ0v) is 9.86. The van der Waals surface area contributed by atoms with Crippen LogP contribution in [-0.2, 0) is 7.05 Å². The predicted octanol–water partition coefficient (Wildman–Crippen LogP) is 2.31. The highest BCUT2D eigenvalue weighted by Gasteiger charge is 2.27. The molecule has 0 bridgehead atoms. The van der Waals surface area contributed by atoms with Gasteiger partial charge in [-0.3, -0.25) is 0 Å². The highest BCUT2D eigenvalue weighted by atomic mass is 19.1. The van der Waals surface area contributed by atoms with Crippen LogP contribution in [0.2, 0.25) is 0 Å². The third kappa shape index (κ3) is 1.72. The van der Waals surface area contributed by atoms with Crippen LogP contribution in [0.15, 0.2) is 18.2 Å². The summed E-state index contributed by atoms with van der Waals surface area (Å²) >= 11 is 0. The maximum absolute atomic E-state index is 13.1. The number of aromatic nitrogens is 2. The van der Waals surface area contributed by atoms with E-state index in [4.69, 9.17) is 5.73 Å². The molecule has 3 nitrogen and oxygen atoms in total.